The van der Waals surface area contributed by atoms with E-state index in [9.17, 15) is 0 Å². The fourth-order valence-electron chi connectivity index (χ4n) is 1.88. The number of nitrogens with zero attached hydrogens (tertiary/aromatic N) is 1. The van der Waals surface area contributed by atoms with Crippen molar-refractivity contribution in [2.45, 2.75) is 43.9 Å². The molecule has 1 heterocycles. The van der Waals surface area contributed by atoms with Crippen molar-refractivity contribution in [1.29, 1.82) is 0 Å². The summed E-state index contributed by atoms with van der Waals surface area (Å²) in [5.41, 5.74) is 0. The molecule has 72 valence electrons. The van der Waals surface area contributed by atoms with Crippen LogP contribution in [0.3, 0.4) is 0 Å². The van der Waals surface area contributed by atoms with E-state index in [1.165, 1.54) is 25.7 Å². The Balaban J connectivity index is 2.12. The van der Waals surface area contributed by atoms with Crippen LogP contribution in [0.15, 0.2) is 10.6 Å². The minimum absolute atomic E-state index is 0.116. The highest BCUT2D eigenvalue weighted by molar-refractivity contribution is 6.20. The van der Waals surface area contributed by atoms with Crippen molar-refractivity contribution in [3.8, 4) is 0 Å². The van der Waals surface area contributed by atoms with Crippen LogP contribution in [0, 0.1) is 0 Å². The van der Waals surface area contributed by atoms with Crippen molar-refractivity contribution in [2.24, 2.45) is 0 Å². The number of halogens is 1. The highest BCUT2D eigenvalue weighted by Gasteiger charge is 2.21. The molecule has 1 fully saturated rings. The van der Waals surface area contributed by atoms with Crippen molar-refractivity contribution >= 4 is 11.6 Å². The first-order chi connectivity index (χ1) is 6.27. The van der Waals surface area contributed by atoms with Gasteiger partial charge in [0.25, 0.3) is 0 Å². The predicted molar refractivity (Wildman–Crippen MR) is 52.0 cm³/mol. The number of alkyl halides is 1. The normalized spacial score (nSPS) is 20.8. The van der Waals surface area contributed by atoms with Gasteiger partial charge in [0.05, 0.1) is 6.20 Å². The molecule has 3 heteroatoms. The molecule has 0 N–H and O–H groups in total. The number of oxazole rings is 1. The second kappa shape index (κ2) is 3.70. The van der Waals surface area contributed by atoms with Crippen LogP contribution in [0.5, 0.6) is 0 Å². The summed E-state index contributed by atoms with van der Waals surface area (Å²) >= 11 is 5.87. The van der Waals surface area contributed by atoms with E-state index in [1.54, 1.807) is 0 Å². The molecule has 0 spiro atoms. The molecule has 0 amide bonds. The van der Waals surface area contributed by atoms with Crippen molar-refractivity contribution in [3.05, 3.63) is 17.8 Å². The van der Waals surface area contributed by atoms with Gasteiger partial charge >= 0.3 is 0 Å². The first kappa shape index (κ1) is 9.07. The average molecular weight is 200 g/mol. The molecule has 0 saturated heterocycles. The van der Waals surface area contributed by atoms with Gasteiger partial charge < -0.3 is 4.42 Å². The minimum Gasteiger partial charge on any atom is -0.444 e. The topological polar surface area (TPSA) is 26.0 Å². The summed E-state index contributed by atoms with van der Waals surface area (Å²) in [4.78, 5) is 4.16. The smallest absolute Gasteiger partial charge is 0.212 e. The Morgan fingerprint density at radius 3 is 2.77 bits per heavy atom. The van der Waals surface area contributed by atoms with E-state index in [0.29, 0.717) is 11.8 Å². The third kappa shape index (κ3) is 1.88. The molecule has 1 aromatic rings. The molecule has 0 aromatic carbocycles. The molecule has 1 aliphatic carbocycles. The third-order valence-electron chi connectivity index (χ3n) is 2.64. The van der Waals surface area contributed by atoms with Gasteiger partial charge in [0.2, 0.25) is 5.89 Å². The van der Waals surface area contributed by atoms with Gasteiger partial charge in [-0.15, -0.1) is 11.6 Å². The molecule has 0 radical (unpaired) electrons. The lowest BCUT2D eigenvalue weighted by molar-refractivity contribution is 0.424. The molecule has 1 unspecified atom stereocenters. The number of hydrogen-bond donors (Lipinski definition) is 0. The molecule has 1 atom stereocenters. The standard InChI is InChI=1S/C10H14ClNO/c1-7(11)10-12-6-9(13-10)8-4-2-3-5-8/h6-8H,2-5H2,1H3. The summed E-state index contributed by atoms with van der Waals surface area (Å²) in [7, 11) is 0. The van der Waals surface area contributed by atoms with E-state index in [4.69, 9.17) is 16.0 Å². The lowest BCUT2D eigenvalue weighted by atomic mass is 10.1. The highest BCUT2D eigenvalue weighted by atomic mass is 35.5. The van der Waals surface area contributed by atoms with Gasteiger partial charge in [-0.25, -0.2) is 4.98 Å². The maximum Gasteiger partial charge on any atom is 0.212 e. The van der Waals surface area contributed by atoms with Gasteiger partial charge in [0.15, 0.2) is 0 Å². The van der Waals surface area contributed by atoms with Gasteiger partial charge in [0, 0.05) is 5.92 Å². The van der Waals surface area contributed by atoms with Gasteiger partial charge in [-0.05, 0) is 19.8 Å². The quantitative estimate of drug-likeness (QED) is 0.680. The Morgan fingerprint density at radius 2 is 2.23 bits per heavy atom. The fraction of sp³-hybridized carbons (Fsp3) is 0.700. The van der Waals surface area contributed by atoms with E-state index >= 15 is 0 Å². The molecule has 1 aliphatic rings. The number of rotatable bonds is 2. The second-order valence-electron chi connectivity index (χ2n) is 3.70. The Labute approximate surface area is 83.3 Å². The summed E-state index contributed by atoms with van der Waals surface area (Å²) in [5, 5.41) is -0.116. The minimum atomic E-state index is -0.116. The van der Waals surface area contributed by atoms with Crippen LogP contribution in [0.25, 0.3) is 0 Å². The largest absolute Gasteiger partial charge is 0.444 e. The zero-order valence-corrected chi connectivity index (χ0v) is 8.55. The Bertz CT molecular complexity index is 276. The molecule has 2 nitrogen and oxygen atoms in total. The molecule has 13 heavy (non-hydrogen) atoms. The van der Waals surface area contributed by atoms with Crippen molar-refractivity contribution in [2.75, 3.05) is 0 Å². The van der Waals surface area contributed by atoms with Crippen LogP contribution < -0.4 is 0 Å². The Morgan fingerprint density at radius 1 is 1.54 bits per heavy atom. The lowest BCUT2D eigenvalue weighted by Crippen LogP contribution is -1.88. The van der Waals surface area contributed by atoms with Crippen molar-refractivity contribution < 1.29 is 4.42 Å². The zero-order chi connectivity index (χ0) is 9.26. The lowest BCUT2D eigenvalue weighted by Gasteiger charge is -2.02. The summed E-state index contributed by atoms with van der Waals surface area (Å²) < 4.78 is 5.59. The predicted octanol–water partition coefficient (Wildman–Crippen LogP) is 3.63. The molecule has 2 rings (SSSR count). The fourth-order valence-corrected chi connectivity index (χ4v) is 1.98. The van der Waals surface area contributed by atoms with E-state index in [0.717, 1.165) is 5.76 Å². The molecule has 0 aliphatic heterocycles. The van der Waals surface area contributed by atoms with Crippen LogP contribution in [-0.2, 0) is 0 Å². The van der Waals surface area contributed by atoms with E-state index < -0.39 is 0 Å². The van der Waals surface area contributed by atoms with Crippen LogP contribution in [0.2, 0.25) is 0 Å². The monoisotopic (exact) mass is 199 g/mol. The van der Waals surface area contributed by atoms with Crippen molar-refractivity contribution in [1.82, 2.24) is 4.98 Å². The molecule has 0 bridgehead atoms. The van der Waals surface area contributed by atoms with Crippen LogP contribution >= 0.6 is 11.6 Å². The number of aromatic nitrogens is 1. The number of hydrogen-bond acceptors (Lipinski definition) is 2. The molecular weight excluding hydrogens is 186 g/mol. The van der Waals surface area contributed by atoms with Gasteiger partial charge in [-0.2, -0.15) is 0 Å². The molecule has 1 aromatic heterocycles. The first-order valence-corrected chi connectivity index (χ1v) is 5.30. The SMILES string of the molecule is CC(Cl)c1ncc(C2CCCC2)o1. The van der Waals surface area contributed by atoms with Crippen LogP contribution in [-0.4, -0.2) is 4.98 Å². The summed E-state index contributed by atoms with van der Waals surface area (Å²) in [6, 6.07) is 0. The van der Waals surface area contributed by atoms with Gasteiger partial charge in [0.1, 0.15) is 11.1 Å². The van der Waals surface area contributed by atoms with Gasteiger partial charge in [-0.3, -0.25) is 0 Å². The van der Waals surface area contributed by atoms with E-state index in [1.807, 2.05) is 13.1 Å². The highest BCUT2D eigenvalue weighted by Crippen LogP contribution is 2.35. The van der Waals surface area contributed by atoms with Crippen LogP contribution in [0.1, 0.15) is 55.6 Å². The van der Waals surface area contributed by atoms with Crippen LogP contribution in [0.4, 0.5) is 0 Å². The van der Waals surface area contributed by atoms with Gasteiger partial charge in [-0.1, -0.05) is 12.8 Å². The Hall–Kier alpha value is -0.500. The average Bonchev–Trinajstić information content (AvgIpc) is 2.75. The molecular formula is C10H14ClNO. The van der Waals surface area contributed by atoms with E-state index in [-0.39, 0.29) is 5.38 Å². The maximum atomic E-state index is 5.87. The molecule has 1 saturated carbocycles. The zero-order valence-electron chi connectivity index (χ0n) is 7.79. The maximum absolute atomic E-state index is 5.87. The summed E-state index contributed by atoms with van der Waals surface area (Å²) in [5.74, 6) is 2.28. The summed E-state index contributed by atoms with van der Waals surface area (Å²) in [6.07, 6.45) is 6.95. The van der Waals surface area contributed by atoms with E-state index in [2.05, 4.69) is 4.98 Å². The first-order valence-electron chi connectivity index (χ1n) is 4.87. The van der Waals surface area contributed by atoms with Crippen molar-refractivity contribution in [3.63, 3.8) is 0 Å². The second-order valence-corrected chi connectivity index (χ2v) is 4.35. The third-order valence-corrected chi connectivity index (χ3v) is 2.83. The summed E-state index contributed by atoms with van der Waals surface area (Å²) in [6.45, 7) is 1.88. The Kier molecular flexibility index (Phi) is 2.58.